The van der Waals surface area contributed by atoms with Gasteiger partial charge in [-0.2, -0.15) is 0 Å². The van der Waals surface area contributed by atoms with Crippen LogP contribution in [0.5, 0.6) is 0 Å². The van der Waals surface area contributed by atoms with E-state index in [1.54, 1.807) is 4.68 Å². The molecule has 0 saturated carbocycles. The Labute approximate surface area is 181 Å². The van der Waals surface area contributed by atoms with Gasteiger partial charge in [0.05, 0.1) is 12.2 Å². The first-order valence-corrected chi connectivity index (χ1v) is 10.1. The Bertz CT molecular complexity index is 1250. The Morgan fingerprint density at radius 3 is 2.35 bits per heavy atom. The van der Waals surface area contributed by atoms with Gasteiger partial charge < -0.3 is 9.73 Å². The van der Waals surface area contributed by atoms with Crippen molar-refractivity contribution in [2.75, 3.05) is 5.32 Å². The Morgan fingerprint density at radius 1 is 0.968 bits per heavy atom. The minimum atomic E-state index is -0.279. The van der Waals surface area contributed by atoms with Gasteiger partial charge in [-0.05, 0) is 57.4 Å². The molecule has 4 rings (SSSR count). The Kier molecular flexibility index (Phi) is 5.42. The lowest BCUT2D eigenvalue weighted by atomic mass is 10.1. The zero-order chi connectivity index (χ0) is 22.1. The summed E-state index contributed by atoms with van der Waals surface area (Å²) in [6.45, 7) is 10.0. The molecule has 0 atom stereocenters. The van der Waals surface area contributed by atoms with Gasteiger partial charge in [0.1, 0.15) is 11.5 Å². The van der Waals surface area contributed by atoms with Crippen LogP contribution in [0.1, 0.15) is 44.3 Å². The lowest BCUT2D eigenvalue weighted by Crippen LogP contribution is -2.16. The highest BCUT2D eigenvalue weighted by Gasteiger charge is 2.20. The van der Waals surface area contributed by atoms with Crippen LogP contribution in [0.25, 0.3) is 11.5 Å². The maximum Gasteiger partial charge on any atom is 0.278 e. The average Bonchev–Trinajstić information content (AvgIpc) is 3.28. The van der Waals surface area contributed by atoms with E-state index in [4.69, 9.17) is 4.42 Å². The molecule has 2 aromatic carbocycles. The second-order valence-corrected chi connectivity index (χ2v) is 7.74. The molecule has 0 unspecified atom stereocenters. The molecule has 31 heavy (non-hydrogen) atoms. The normalized spacial score (nSPS) is 11.0. The van der Waals surface area contributed by atoms with Crippen LogP contribution in [0.2, 0.25) is 0 Å². The molecule has 0 fully saturated rings. The molecule has 2 aromatic heterocycles. The zero-order valence-electron chi connectivity index (χ0n) is 18.4. The summed E-state index contributed by atoms with van der Waals surface area (Å²) in [6.07, 6.45) is 0. The molecule has 0 aliphatic rings. The van der Waals surface area contributed by atoms with E-state index in [1.807, 2.05) is 77.1 Å². The first-order valence-electron chi connectivity index (χ1n) is 10.1. The standard InChI is InChI=1S/C24H25N5O2/c1-14-9-6-7-12-19(14)24-25-20(18(5)31-24)13-29-17(4)22(27-28-29)23(30)26-21-15(2)10-8-11-16(21)3/h6-12H,13H2,1-5H3,(H,26,30). The number of hydrogen-bond donors (Lipinski definition) is 1. The molecule has 158 valence electrons. The Hall–Kier alpha value is -3.74. The maximum atomic E-state index is 12.8. The summed E-state index contributed by atoms with van der Waals surface area (Å²) in [5, 5.41) is 11.3. The Balaban J connectivity index is 1.57. The van der Waals surface area contributed by atoms with Crippen LogP contribution in [-0.2, 0) is 6.54 Å². The number of rotatable bonds is 5. The van der Waals surface area contributed by atoms with E-state index >= 15 is 0 Å². The molecule has 7 nitrogen and oxygen atoms in total. The smallest absolute Gasteiger partial charge is 0.278 e. The average molecular weight is 415 g/mol. The fourth-order valence-corrected chi connectivity index (χ4v) is 3.55. The molecule has 0 saturated heterocycles. The van der Waals surface area contributed by atoms with E-state index in [0.717, 1.165) is 39.4 Å². The second kappa shape index (κ2) is 8.18. The molecule has 0 aliphatic heterocycles. The van der Waals surface area contributed by atoms with Crippen LogP contribution in [0.15, 0.2) is 46.9 Å². The summed E-state index contributed by atoms with van der Waals surface area (Å²) >= 11 is 0. The molecule has 0 bridgehead atoms. The number of nitrogens with zero attached hydrogens (tertiary/aromatic N) is 4. The fraction of sp³-hybridized carbons (Fsp3) is 0.250. The number of nitrogens with one attached hydrogen (secondary N) is 1. The molecule has 2 heterocycles. The van der Waals surface area contributed by atoms with E-state index < -0.39 is 0 Å². The van der Waals surface area contributed by atoms with E-state index in [9.17, 15) is 4.79 Å². The van der Waals surface area contributed by atoms with E-state index in [-0.39, 0.29) is 5.91 Å². The number of oxazole rings is 1. The number of carbonyl (C=O) groups excluding carboxylic acids is 1. The highest BCUT2D eigenvalue weighted by Crippen LogP contribution is 2.25. The van der Waals surface area contributed by atoms with Crippen molar-refractivity contribution in [1.29, 1.82) is 0 Å². The topological polar surface area (TPSA) is 85.8 Å². The van der Waals surface area contributed by atoms with Crippen LogP contribution in [0.4, 0.5) is 5.69 Å². The second-order valence-electron chi connectivity index (χ2n) is 7.74. The molecular formula is C24H25N5O2. The number of aryl methyl sites for hydroxylation is 4. The van der Waals surface area contributed by atoms with Crippen LogP contribution >= 0.6 is 0 Å². The number of aromatic nitrogens is 4. The largest absolute Gasteiger partial charge is 0.441 e. The third-order valence-corrected chi connectivity index (χ3v) is 5.48. The van der Waals surface area contributed by atoms with Crippen molar-refractivity contribution >= 4 is 11.6 Å². The molecule has 0 spiro atoms. The predicted molar refractivity (Wildman–Crippen MR) is 119 cm³/mol. The van der Waals surface area contributed by atoms with Crippen molar-refractivity contribution in [3.05, 3.63) is 82.0 Å². The molecule has 0 radical (unpaired) electrons. The molecule has 1 amide bonds. The van der Waals surface area contributed by atoms with Crippen LogP contribution in [0, 0.1) is 34.6 Å². The van der Waals surface area contributed by atoms with E-state index in [2.05, 4.69) is 20.6 Å². The predicted octanol–water partition coefficient (Wildman–Crippen LogP) is 4.78. The van der Waals surface area contributed by atoms with Crippen molar-refractivity contribution in [2.45, 2.75) is 41.2 Å². The summed E-state index contributed by atoms with van der Waals surface area (Å²) in [7, 11) is 0. The minimum absolute atomic E-state index is 0.279. The summed E-state index contributed by atoms with van der Waals surface area (Å²) in [6, 6.07) is 13.9. The van der Waals surface area contributed by atoms with E-state index in [0.29, 0.717) is 23.8 Å². The number of amides is 1. The van der Waals surface area contributed by atoms with Crippen molar-refractivity contribution in [3.63, 3.8) is 0 Å². The van der Waals surface area contributed by atoms with Crippen molar-refractivity contribution in [1.82, 2.24) is 20.0 Å². The van der Waals surface area contributed by atoms with Crippen molar-refractivity contribution < 1.29 is 9.21 Å². The van der Waals surface area contributed by atoms with Crippen LogP contribution in [-0.4, -0.2) is 25.9 Å². The molecule has 1 N–H and O–H groups in total. The number of anilines is 1. The van der Waals surface area contributed by atoms with Gasteiger partial charge in [0, 0.05) is 11.3 Å². The first-order chi connectivity index (χ1) is 14.8. The third kappa shape index (κ3) is 3.99. The lowest BCUT2D eigenvalue weighted by Gasteiger charge is -2.10. The summed E-state index contributed by atoms with van der Waals surface area (Å²) in [5.74, 6) is 1.02. The van der Waals surface area contributed by atoms with E-state index in [1.165, 1.54) is 0 Å². The molecule has 7 heteroatoms. The number of benzene rings is 2. The molecule has 4 aromatic rings. The molecule has 0 aliphatic carbocycles. The highest BCUT2D eigenvalue weighted by atomic mass is 16.4. The fourth-order valence-electron chi connectivity index (χ4n) is 3.55. The lowest BCUT2D eigenvalue weighted by molar-refractivity contribution is 0.102. The first kappa shape index (κ1) is 20.5. The zero-order valence-corrected chi connectivity index (χ0v) is 18.4. The Morgan fingerprint density at radius 2 is 1.65 bits per heavy atom. The number of hydrogen-bond acceptors (Lipinski definition) is 5. The summed E-state index contributed by atoms with van der Waals surface area (Å²) < 4.78 is 7.57. The third-order valence-electron chi connectivity index (χ3n) is 5.48. The van der Waals surface area contributed by atoms with Gasteiger partial charge in [0.25, 0.3) is 5.91 Å². The van der Waals surface area contributed by atoms with Gasteiger partial charge in [-0.3, -0.25) is 4.79 Å². The minimum Gasteiger partial charge on any atom is -0.441 e. The van der Waals surface area contributed by atoms with Crippen LogP contribution < -0.4 is 5.32 Å². The van der Waals surface area contributed by atoms with Crippen molar-refractivity contribution in [3.8, 4) is 11.5 Å². The SMILES string of the molecule is Cc1ccccc1-c1nc(Cn2nnc(C(=O)Nc3c(C)cccc3C)c2C)c(C)o1. The van der Waals surface area contributed by atoms with Gasteiger partial charge in [0.2, 0.25) is 5.89 Å². The number of carbonyl (C=O) groups is 1. The quantitative estimate of drug-likeness (QED) is 0.507. The summed E-state index contributed by atoms with van der Waals surface area (Å²) in [5.41, 5.74) is 6.58. The van der Waals surface area contributed by atoms with Gasteiger partial charge in [-0.1, -0.05) is 41.6 Å². The van der Waals surface area contributed by atoms with Gasteiger partial charge in [-0.15, -0.1) is 5.10 Å². The molecular weight excluding hydrogens is 390 g/mol. The highest BCUT2D eigenvalue weighted by molar-refractivity contribution is 6.04. The maximum absolute atomic E-state index is 12.8. The van der Waals surface area contributed by atoms with Gasteiger partial charge >= 0.3 is 0 Å². The van der Waals surface area contributed by atoms with Gasteiger partial charge in [0.15, 0.2) is 5.69 Å². The van der Waals surface area contributed by atoms with Crippen molar-refractivity contribution in [2.24, 2.45) is 0 Å². The monoisotopic (exact) mass is 415 g/mol. The van der Waals surface area contributed by atoms with Gasteiger partial charge in [-0.25, -0.2) is 9.67 Å². The number of para-hydroxylation sites is 1. The summed E-state index contributed by atoms with van der Waals surface area (Å²) in [4.78, 5) is 17.5. The van der Waals surface area contributed by atoms with Crippen LogP contribution in [0.3, 0.4) is 0 Å².